The molecule has 3 aliphatic heterocycles. The summed E-state index contributed by atoms with van der Waals surface area (Å²) in [5, 5.41) is 24.4. The smallest absolute Gasteiger partial charge is 0.303 e. The Bertz CT molecular complexity index is 754. The van der Waals surface area contributed by atoms with Crippen LogP contribution < -0.4 is 0 Å². The number of oxime groups is 1. The molecule has 0 aromatic carbocycles. The molecule has 0 saturated carbocycles. The zero-order chi connectivity index (χ0) is 24.2. The van der Waals surface area contributed by atoms with Crippen molar-refractivity contribution in [3.8, 4) is 0 Å². The Labute approximate surface area is 191 Å². The molecule has 2 fully saturated rings. The summed E-state index contributed by atoms with van der Waals surface area (Å²) >= 11 is 0. The molecule has 3 aliphatic rings. The highest BCUT2D eigenvalue weighted by Gasteiger charge is 2.56. The van der Waals surface area contributed by atoms with Gasteiger partial charge >= 0.3 is 11.9 Å². The first-order valence-electron chi connectivity index (χ1n) is 10.7. The number of hydrogen-bond acceptors (Lipinski definition) is 12. The molecule has 0 aliphatic carbocycles. The Morgan fingerprint density at radius 1 is 1.18 bits per heavy atom. The van der Waals surface area contributed by atoms with E-state index >= 15 is 0 Å². The second-order valence-electron chi connectivity index (χ2n) is 8.42. The maximum absolute atomic E-state index is 11.3. The molecule has 2 N–H and O–H groups in total. The van der Waals surface area contributed by atoms with Crippen molar-refractivity contribution in [1.82, 2.24) is 0 Å². The van der Waals surface area contributed by atoms with E-state index in [0.29, 0.717) is 6.42 Å². The van der Waals surface area contributed by atoms with E-state index < -0.39 is 66.7 Å². The van der Waals surface area contributed by atoms with Crippen LogP contribution in [0.5, 0.6) is 0 Å². The van der Waals surface area contributed by atoms with E-state index in [-0.39, 0.29) is 13.2 Å². The predicted molar refractivity (Wildman–Crippen MR) is 110 cm³/mol. The number of aliphatic hydroxyl groups excluding tert-OH is 2. The maximum Gasteiger partial charge on any atom is 0.303 e. The molecule has 0 unspecified atom stereocenters. The Morgan fingerprint density at radius 2 is 1.94 bits per heavy atom. The van der Waals surface area contributed by atoms with E-state index in [0.717, 1.165) is 0 Å². The van der Waals surface area contributed by atoms with Gasteiger partial charge in [-0.3, -0.25) is 9.59 Å². The second-order valence-corrected chi connectivity index (χ2v) is 8.42. The Kier molecular flexibility index (Phi) is 8.43. The Balaban J connectivity index is 1.42. The van der Waals surface area contributed by atoms with Gasteiger partial charge < -0.3 is 43.5 Å². The van der Waals surface area contributed by atoms with E-state index in [9.17, 15) is 19.8 Å². The van der Waals surface area contributed by atoms with Crippen LogP contribution in [0.25, 0.3) is 0 Å². The van der Waals surface area contributed by atoms with Crippen LogP contribution in [0.15, 0.2) is 17.3 Å². The number of esters is 2. The van der Waals surface area contributed by atoms with Crippen LogP contribution in [0.1, 0.15) is 34.1 Å². The third-order valence-corrected chi connectivity index (χ3v) is 5.15. The fourth-order valence-corrected chi connectivity index (χ4v) is 3.73. The maximum atomic E-state index is 11.3. The van der Waals surface area contributed by atoms with Gasteiger partial charge in [-0.15, -0.1) is 0 Å². The molecular weight excluding hydrogens is 442 g/mol. The van der Waals surface area contributed by atoms with E-state index in [1.807, 2.05) is 0 Å². The Hall–Kier alpha value is -2.09. The topological polar surface area (TPSA) is 152 Å². The van der Waals surface area contributed by atoms with Gasteiger partial charge in [0.15, 0.2) is 12.1 Å². The largest absolute Gasteiger partial charge is 0.463 e. The summed E-state index contributed by atoms with van der Waals surface area (Å²) in [5.74, 6) is -1.81. The van der Waals surface area contributed by atoms with Gasteiger partial charge in [-0.25, -0.2) is 0 Å². The molecule has 0 aromatic heterocycles. The number of carbonyl (C=O) groups excluding carboxylic acids is 2. The van der Waals surface area contributed by atoms with Gasteiger partial charge in [0, 0.05) is 26.5 Å². The van der Waals surface area contributed by atoms with Gasteiger partial charge in [0.1, 0.15) is 49.8 Å². The fourth-order valence-electron chi connectivity index (χ4n) is 3.73. The fraction of sp³-hybridized carbons (Fsp3) is 0.762. The Morgan fingerprint density at radius 3 is 2.61 bits per heavy atom. The van der Waals surface area contributed by atoms with Gasteiger partial charge in [-0.1, -0.05) is 11.2 Å². The van der Waals surface area contributed by atoms with Crippen LogP contribution in [0.2, 0.25) is 0 Å². The normalized spacial score (nSPS) is 35.9. The molecule has 12 nitrogen and oxygen atoms in total. The molecule has 0 aromatic rings. The van der Waals surface area contributed by atoms with Gasteiger partial charge in [0.2, 0.25) is 0 Å². The van der Waals surface area contributed by atoms with Crippen molar-refractivity contribution in [2.45, 2.75) is 88.9 Å². The van der Waals surface area contributed by atoms with Crippen LogP contribution >= 0.6 is 0 Å². The number of aliphatic hydroxyl groups is 2. The summed E-state index contributed by atoms with van der Waals surface area (Å²) in [6, 6.07) is 0. The van der Waals surface area contributed by atoms with Gasteiger partial charge in [-0.2, -0.15) is 0 Å². The molecule has 33 heavy (non-hydrogen) atoms. The van der Waals surface area contributed by atoms with E-state index in [2.05, 4.69) is 5.16 Å². The van der Waals surface area contributed by atoms with Crippen LogP contribution in [0.4, 0.5) is 0 Å². The van der Waals surface area contributed by atoms with Crippen molar-refractivity contribution in [2.24, 2.45) is 5.16 Å². The van der Waals surface area contributed by atoms with Crippen molar-refractivity contribution in [2.75, 3.05) is 13.2 Å². The predicted octanol–water partition coefficient (Wildman–Crippen LogP) is -0.204. The highest BCUT2D eigenvalue weighted by molar-refractivity contribution is 5.67. The molecular formula is C21H31NO11. The average Bonchev–Trinajstić information content (AvgIpc) is 3.19. The first-order chi connectivity index (χ1) is 15.6. The molecule has 0 radical (unpaired) electrons. The first kappa shape index (κ1) is 25.5. The number of rotatable bonds is 9. The standard InChI is InChI=1S/C21H31NO11/c1-11(23)27-10-16-15(29-12(2)24)6-5-13(30-16)7-8-22-28-9-14(25)18-17(26)19-20(31-18)33-21(3,4)32-19/h5-6,8,13-20,25-26H,7,9-10H2,1-4H3/t13-,14+,15-,16+,17-,18+,19+,20+/m0/s1. The molecule has 2 saturated heterocycles. The minimum Gasteiger partial charge on any atom is -0.463 e. The summed E-state index contributed by atoms with van der Waals surface area (Å²) in [5.41, 5.74) is 0. The summed E-state index contributed by atoms with van der Waals surface area (Å²) in [4.78, 5) is 27.5. The molecule has 0 amide bonds. The second kappa shape index (κ2) is 10.9. The molecule has 8 atom stereocenters. The van der Waals surface area contributed by atoms with Crippen molar-refractivity contribution >= 4 is 18.2 Å². The van der Waals surface area contributed by atoms with Crippen molar-refractivity contribution < 1.29 is 53.1 Å². The zero-order valence-electron chi connectivity index (χ0n) is 19.0. The molecule has 0 spiro atoms. The monoisotopic (exact) mass is 473 g/mol. The van der Waals surface area contributed by atoms with Crippen molar-refractivity contribution in [1.29, 1.82) is 0 Å². The van der Waals surface area contributed by atoms with E-state index in [1.165, 1.54) is 20.1 Å². The summed E-state index contributed by atoms with van der Waals surface area (Å²) < 4.78 is 32.7. The number of carbonyl (C=O) groups is 2. The van der Waals surface area contributed by atoms with Gasteiger partial charge in [-0.05, 0) is 19.9 Å². The van der Waals surface area contributed by atoms with Crippen molar-refractivity contribution in [3.63, 3.8) is 0 Å². The number of ether oxygens (including phenoxy) is 6. The lowest BCUT2D eigenvalue weighted by Gasteiger charge is -2.31. The zero-order valence-corrected chi connectivity index (χ0v) is 19.0. The highest BCUT2D eigenvalue weighted by atomic mass is 16.8. The lowest BCUT2D eigenvalue weighted by Crippen LogP contribution is -2.42. The lowest BCUT2D eigenvalue weighted by molar-refractivity contribution is -0.228. The van der Waals surface area contributed by atoms with Crippen molar-refractivity contribution in [3.05, 3.63) is 12.2 Å². The van der Waals surface area contributed by atoms with E-state index in [4.69, 9.17) is 33.3 Å². The van der Waals surface area contributed by atoms with Gasteiger partial charge in [0.25, 0.3) is 0 Å². The summed E-state index contributed by atoms with van der Waals surface area (Å²) in [6.45, 7) is 5.70. The minimum atomic E-state index is -1.15. The third-order valence-electron chi connectivity index (χ3n) is 5.15. The molecule has 3 heterocycles. The molecule has 3 rings (SSSR count). The first-order valence-corrected chi connectivity index (χ1v) is 10.7. The quantitative estimate of drug-likeness (QED) is 0.198. The van der Waals surface area contributed by atoms with Crippen LogP contribution in [0, 0.1) is 0 Å². The SMILES string of the molecule is CC(=O)OC[C@H]1O[C@H](CC=NOC[C@@H](O)[C@H]2O[C@@H]3OC(C)(C)O[C@@H]3[C@H]2O)C=C[C@@H]1OC(C)=O. The third kappa shape index (κ3) is 6.95. The van der Waals surface area contributed by atoms with Crippen LogP contribution in [-0.2, 0) is 42.8 Å². The van der Waals surface area contributed by atoms with Crippen LogP contribution in [0.3, 0.4) is 0 Å². The molecule has 0 bridgehead atoms. The van der Waals surface area contributed by atoms with E-state index in [1.54, 1.807) is 26.0 Å². The minimum absolute atomic E-state index is 0.0652. The van der Waals surface area contributed by atoms with Crippen LogP contribution in [-0.4, -0.2) is 96.4 Å². The van der Waals surface area contributed by atoms with Gasteiger partial charge in [0.05, 0.1) is 6.10 Å². The number of fused-ring (bicyclic) bond motifs is 1. The molecule has 186 valence electrons. The summed E-state index contributed by atoms with van der Waals surface area (Å²) in [6.07, 6.45) is -1.19. The number of hydrogen-bond donors (Lipinski definition) is 2. The lowest BCUT2D eigenvalue weighted by atomic mass is 10.1. The molecule has 12 heteroatoms. The average molecular weight is 473 g/mol. The highest BCUT2D eigenvalue weighted by Crippen LogP contribution is 2.38. The number of nitrogens with zero attached hydrogens (tertiary/aromatic N) is 1. The summed E-state index contributed by atoms with van der Waals surface area (Å²) in [7, 11) is 0.